The largest absolute Gasteiger partial charge is 0.444 e. The molecule has 1 amide bonds. The van der Waals surface area contributed by atoms with Gasteiger partial charge in [0.1, 0.15) is 5.60 Å². The van der Waals surface area contributed by atoms with Gasteiger partial charge in [-0.05, 0) is 52.6 Å². The van der Waals surface area contributed by atoms with Gasteiger partial charge in [0.15, 0.2) is 0 Å². The molecule has 0 aromatic carbocycles. The topological polar surface area (TPSA) is 41.6 Å². The highest BCUT2D eigenvalue weighted by atomic mass is 16.6. The van der Waals surface area contributed by atoms with Gasteiger partial charge >= 0.3 is 6.09 Å². The minimum Gasteiger partial charge on any atom is -0.444 e. The molecule has 17 heavy (non-hydrogen) atoms. The molecule has 0 spiro atoms. The Morgan fingerprint density at radius 1 is 1.41 bits per heavy atom. The minimum atomic E-state index is -0.410. The lowest BCUT2D eigenvalue weighted by Crippen LogP contribution is -2.38. The third-order valence-electron chi connectivity index (χ3n) is 2.89. The molecule has 0 aromatic heterocycles. The second kappa shape index (κ2) is 6.24. The number of nitrogens with one attached hydrogen (secondary N) is 1. The van der Waals surface area contributed by atoms with Crippen LogP contribution in [0.4, 0.5) is 4.79 Å². The van der Waals surface area contributed by atoms with Crippen LogP contribution in [-0.2, 0) is 4.74 Å². The summed E-state index contributed by atoms with van der Waals surface area (Å²) in [5.41, 5.74) is -0.410. The molecular formula is C13H26N2O2. The lowest BCUT2D eigenvalue weighted by atomic mass is 10.0. The van der Waals surface area contributed by atoms with Crippen LogP contribution in [0, 0.1) is 5.92 Å². The first-order valence-electron chi connectivity index (χ1n) is 6.53. The first-order chi connectivity index (χ1) is 7.88. The van der Waals surface area contributed by atoms with Crippen molar-refractivity contribution in [3.05, 3.63) is 0 Å². The van der Waals surface area contributed by atoms with Crippen molar-refractivity contribution in [2.75, 3.05) is 26.7 Å². The van der Waals surface area contributed by atoms with E-state index in [0.29, 0.717) is 5.92 Å². The van der Waals surface area contributed by atoms with E-state index < -0.39 is 5.60 Å². The van der Waals surface area contributed by atoms with Crippen molar-refractivity contribution in [3.63, 3.8) is 0 Å². The number of rotatable bonds is 2. The van der Waals surface area contributed by atoms with E-state index in [1.54, 1.807) is 4.90 Å². The Kier molecular flexibility index (Phi) is 5.25. The predicted molar refractivity (Wildman–Crippen MR) is 69.1 cm³/mol. The van der Waals surface area contributed by atoms with Gasteiger partial charge in [0.05, 0.1) is 0 Å². The average molecular weight is 242 g/mol. The van der Waals surface area contributed by atoms with E-state index in [9.17, 15) is 4.79 Å². The van der Waals surface area contributed by atoms with Crippen molar-refractivity contribution in [1.82, 2.24) is 10.2 Å². The van der Waals surface area contributed by atoms with E-state index in [1.807, 2.05) is 27.8 Å². The number of ether oxygens (including phenoxy) is 1. The standard InChI is InChI=1S/C13H26N2O2/c1-13(2,3)17-12(16)15(4)10-11-7-5-6-8-14-9-11/h11,14H,5-10H2,1-4H3. The highest BCUT2D eigenvalue weighted by Gasteiger charge is 2.22. The molecular weight excluding hydrogens is 216 g/mol. The maximum atomic E-state index is 11.8. The Morgan fingerprint density at radius 3 is 2.76 bits per heavy atom. The molecule has 1 rings (SSSR count). The summed E-state index contributed by atoms with van der Waals surface area (Å²) in [6, 6.07) is 0. The van der Waals surface area contributed by atoms with Crippen LogP contribution in [0.3, 0.4) is 0 Å². The van der Waals surface area contributed by atoms with E-state index in [1.165, 1.54) is 19.3 Å². The molecule has 1 aliphatic heterocycles. The molecule has 0 radical (unpaired) electrons. The SMILES string of the molecule is CN(CC1CCCCNC1)C(=O)OC(C)(C)C. The monoisotopic (exact) mass is 242 g/mol. The quantitative estimate of drug-likeness (QED) is 0.807. The maximum absolute atomic E-state index is 11.8. The van der Waals surface area contributed by atoms with Crippen molar-refractivity contribution >= 4 is 6.09 Å². The fraction of sp³-hybridized carbons (Fsp3) is 0.923. The summed E-state index contributed by atoms with van der Waals surface area (Å²) in [6.45, 7) is 8.57. The minimum absolute atomic E-state index is 0.221. The molecule has 1 unspecified atom stereocenters. The van der Waals surface area contributed by atoms with Crippen molar-refractivity contribution in [3.8, 4) is 0 Å². The summed E-state index contributed by atoms with van der Waals surface area (Å²) in [4.78, 5) is 13.5. The first-order valence-corrected chi connectivity index (χ1v) is 6.53. The molecule has 1 atom stereocenters. The molecule has 1 heterocycles. The zero-order valence-corrected chi connectivity index (χ0v) is 11.6. The van der Waals surface area contributed by atoms with Gasteiger partial charge in [0.2, 0.25) is 0 Å². The van der Waals surface area contributed by atoms with Gasteiger partial charge in [0, 0.05) is 13.6 Å². The van der Waals surface area contributed by atoms with Crippen LogP contribution >= 0.6 is 0 Å². The number of carbonyl (C=O) groups excluding carboxylic acids is 1. The van der Waals surface area contributed by atoms with Crippen LogP contribution in [0.1, 0.15) is 40.0 Å². The summed E-state index contributed by atoms with van der Waals surface area (Å²) in [5.74, 6) is 0.551. The highest BCUT2D eigenvalue weighted by molar-refractivity contribution is 5.67. The number of hydrogen-bond acceptors (Lipinski definition) is 3. The molecule has 1 N–H and O–H groups in total. The summed E-state index contributed by atoms with van der Waals surface area (Å²) in [7, 11) is 1.82. The maximum Gasteiger partial charge on any atom is 0.410 e. The fourth-order valence-corrected chi connectivity index (χ4v) is 2.05. The number of nitrogens with zero attached hydrogens (tertiary/aromatic N) is 1. The highest BCUT2D eigenvalue weighted by Crippen LogP contribution is 2.14. The van der Waals surface area contributed by atoms with Crippen LogP contribution in [-0.4, -0.2) is 43.3 Å². The Bertz CT molecular complexity index is 240. The molecule has 100 valence electrons. The molecule has 4 nitrogen and oxygen atoms in total. The zero-order valence-electron chi connectivity index (χ0n) is 11.6. The molecule has 0 bridgehead atoms. The van der Waals surface area contributed by atoms with E-state index in [4.69, 9.17) is 4.74 Å². The molecule has 1 saturated heterocycles. The summed E-state index contributed by atoms with van der Waals surface area (Å²) in [6.07, 6.45) is 3.47. The number of hydrogen-bond donors (Lipinski definition) is 1. The smallest absolute Gasteiger partial charge is 0.410 e. The Labute approximate surface area is 105 Å². The van der Waals surface area contributed by atoms with Gasteiger partial charge in [-0.15, -0.1) is 0 Å². The van der Waals surface area contributed by atoms with Crippen LogP contribution in [0.15, 0.2) is 0 Å². The Morgan fingerprint density at radius 2 is 2.12 bits per heavy atom. The average Bonchev–Trinajstić information content (AvgIpc) is 2.43. The van der Waals surface area contributed by atoms with Crippen molar-refractivity contribution in [2.45, 2.75) is 45.6 Å². The number of carbonyl (C=O) groups is 1. The van der Waals surface area contributed by atoms with Crippen molar-refractivity contribution in [1.29, 1.82) is 0 Å². The molecule has 1 aliphatic rings. The van der Waals surface area contributed by atoms with Crippen LogP contribution < -0.4 is 5.32 Å². The van der Waals surface area contributed by atoms with E-state index in [2.05, 4.69) is 5.32 Å². The van der Waals surface area contributed by atoms with E-state index in [-0.39, 0.29) is 6.09 Å². The van der Waals surface area contributed by atoms with Gasteiger partial charge in [-0.1, -0.05) is 6.42 Å². The number of amides is 1. The molecule has 1 fully saturated rings. The fourth-order valence-electron chi connectivity index (χ4n) is 2.05. The van der Waals surface area contributed by atoms with Gasteiger partial charge in [-0.3, -0.25) is 0 Å². The lowest BCUT2D eigenvalue weighted by molar-refractivity contribution is 0.0272. The summed E-state index contributed by atoms with van der Waals surface area (Å²) in [5, 5.41) is 3.41. The third kappa shape index (κ3) is 5.91. The predicted octanol–water partition coefficient (Wildman–Crippen LogP) is 2.24. The van der Waals surface area contributed by atoms with Gasteiger partial charge in [-0.25, -0.2) is 4.79 Å². The lowest BCUT2D eigenvalue weighted by Gasteiger charge is -2.27. The molecule has 0 aliphatic carbocycles. The normalized spacial score (nSPS) is 21.8. The zero-order chi connectivity index (χ0) is 12.9. The molecule has 0 saturated carbocycles. The van der Waals surface area contributed by atoms with E-state index in [0.717, 1.165) is 19.6 Å². The van der Waals surface area contributed by atoms with Gasteiger partial charge < -0.3 is 15.0 Å². The van der Waals surface area contributed by atoms with Crippen LogP contribution in [0.25, 0.3) is 0 Å². The first kappa shape index (κ1) is 14.3. The van der Waals surface area contributed by atoms with Crippen LogP contribution in [0.5, 0.6) is 0 Å². The van der Waals surface area contributed by atoms with Gasteiger partial charge in [0.25, 0.3) is 0 Å². The van der Waals surface area contributed by atoms with Crippen LogP contribution in [0.2, 0.25) is 0 Å². The second-order valence-corrected chi connectivity index (χ2v) is 5.93. The Hall–Kier alpha value is -0.770. The van der Waals surface area contributed by atoms with Gasteiger partial charge in [-0.2, -0.15) is 0 Å². The van der Waals surface area contributed by atoms with Crippen molar-refractivity contribution in [2.24, 2.45) is 5.92 Å². The molecule has 0 aromatic rings. The van der Waals surface area contributed by atoms with E-state index >= 15 is 0 Å². The third-order valence-corrected chi connectivity index (χ3v) is 2.89. The molecule has 4 heteroatoms. The summed E-state index contributed by atoms with van der Waals surface area (Å²) >= 11 is 0. The summed E-state index contributed by atoms with van der Waals surface area (Å²) < 4.78 is 5.34. The second-order valence-electron chi connectivity index (χ2n) is 5.93. The Balaban J connectivity index is 2.36. The van der Waals surface area contributed by atoms with Crippen molar-refractivity contribution < 1.29 is 9.53 Å².